The number of hydrogen-bond acceptors (Lipinski definition) is 5. The lowest BCUT2D eigenvalue weighted by atomic mass is 9.99. The average molecular weight is 326 g/mol. The van der Waals surface area contributed by atoms with Crippen molar-refractivity contribution in [2.75, 3.05) is 0 Å². The molecule has 0 aliphatic carbocycles. The molecule has 0 atom stereocenters. The van der Waals surface area contributed by atoms with E-state index < -0.39 is 10.2 Å². The number of rotatable bonds is 1. The summed E-state index contributed by atoms with van der Waals surface area (Å²) in [7, 11) is -4.94. The van der Waals surface area contributed by atoms with Gasteiger partial charge < -0.3 is 4.42 Å². The number of aromatic nitrogens is 1. The van der Waals surface area contributed by atoms with E-state index in [-0.39, 0.29) is 0 Å². The van der Waals surface area contributed by atoms with Gasteiger partial charge in [0, 0.05) is 6.07 Å². The van der Waals surface area contributed by atoms with Crippen molar-refractivity contribution in [1.29, 1.82) is 0 Å². The van der Waals surface area contributed by atoms with Crippen LogP contribution in [0, 0.1) is 24.1 Å². The van der Waals surface area contributed by atoms with Crippen molar-refractivity contribution in [3.8, 4) is 11.5 Å². The molecule has 118 valence electrons. The van der Waals surface area contributed by atoms with Crippen LogP contribution in [0.4, 0.5) is 0 Å². The van der Waals surface area contributed by atoms with Crippen LogP contribution in [0.15, 0.2) is 28.7 Å². The minimum atomic E-state index is -4.94. The SMILES string of the molecule is CCc1c(C)oc2[nH+]c3ccccc3c-2c1C.[O-][Cl+3]([O-])([O-])[O-]. The molecule has 2 aliphatic rings. The van der Waals surface area contributed by atoms with Gasteiger partial charge in [0.25, 0.3) is 0 Å². The minimum Gasteiger partial charge on any atom is -0.409 e. The molecule has 22 heavy (non-hydrogen) atoms. The molecule has 6 nitrogen and oxygen atoms in total. The molecular weight excluding hydrogens is 310 g/mol. The number of fused-ring (bicyclic) bond motifs is 3. The molecule has 3 rings (SSSR count). The Labute approximate surface area is 129 Å². The normalized spacial score (nSPS) is 11.6. The predicted octanol–water partition coefficient (Wildman–Crippen LogP) is -1.23. The molecule has 0 bridgehead atoms. The van der Waals surface area contributed by atoms with E-state index in [4.69, 9.17) is 23.1 Å². The van der Waals surface area contributed by atoms with E-state index in [1.165, 1.54) is 22.1 Å². The van der Waals surface area contributed by atoms with Gasteiger partial charge in [-0.15, -0.1) is 10.2 Å². The van der Waals surface area contributed by atoms with Crippen molar-refractivity contribution in [2.45, 2.75) is 27.2 Å². The fraction of sp³-hybridized carbons (Fsp3) is 0.267. The zero-order valence-electron chi connectivity index (χ0n) is 12.4. The Balaban J connectivity index is 0.000000309. The van der Waals surface area contributed by atoms with Crippen LogP contribution in [-0.2, 0) is 6.42 Å². The molecular formula is C15H16ClNO5. The number of benzene rings is 1. The Hall–Kier alpha value is -1.70. The van der Waals surface area contributed by atoms with E-state index in [0.717, 1.165) is 23.6 Å². The third-order valence-electron chi connectivity index (χ3n) is 3.53. The van der Waals surface area contributed by atoms with Crippen molar-refractivity contribution < 1.29 is 38.3 Å². The Morgan fingerprint density at radius 3 is 2.27 bits per heavy atom. The Morgan fingerprint density at radius 2 is 1.68 bits per heavy atom. The second-order valence-corrected chi connectivity index (χ2v) is 5.62. The number of aromatic amines is 1. The van der Waals surface area contributed by atoms with Gasteiger partial charge in [0.15, 0.2) is 0 Å². The average Bonchev–Trinajstić information content (AvgIpc) is 2.75. The first-order valence-electron chi connectivity index (χ1n) is 6.66. The van der Waals surface area contributed by atoms with Gasteiger partial charge in [0.2, 0.25) is 5.52 Å². The maximum atomic E-state index is 8.49. The van der Waals surface area contributed by atoms with Gasteiger partial charge in [-0.3, -0.25) is 0 Å². The molecule has 0 amide bonds. The Bertz CT molecular complexity index is 757. The summed E-state index contributed by atoms with van der Waals surface area (Å²) in [6.07, 6.45) is 1.01. The Kier molecular flexibility index (Phi) is 4.69. The maximum Gasteiger partial charge on any atom is 0.380 e. The predicted molar refractivity (Wildman–Crippen MR) is 68.2 cm³/mol. The quantitative estimate of drug-likeness (QED) is 0.555. The van der Waals surface area contributed by atoms with E-state index >= 15 is 0 Å². The first-order valence-corrected chi connectivity index (χ1v) is 7.90. The van der Waals surface area contributed by atoms with Crippen LogP contribution in [0.5, 0.6) is 0 Å². The molecule has 0 aromatic heterocycles. The zero-order valence-corrected chi connectivity index (χ0v) is 13.2. The molecule has 2 aliphatic heterocycles. The molecule has 7 heteroatoms. The summed E-state index contributed by atoms with van der Waals surface area (Å²) < 4.78 is 39.9. The lowest BCUT2D eigenvalue weighted by Gasteiger charge is -2.17. The summed E-state index contributed by atoms with van der Waals surface area (Å²) in [6.45, 7) is 6.40. The molecule has 0 saturated carbocycles. The van der Waals surface area contributed by atoms with Crippen LogP contribution >= 0.6 is 0 Å². The fourth-order valence-electron chi connectivity index (χ4n) is 2.71. The summed E-state index contributed by atoms with van der Waals surface area (Å²) in [5.74, 6) is 1.91. The standard InChI is InChI=1S/C15H15NO.ClHO4/c1-4-11-9(2)14-12-7-5-6-8-13(12)16-15(14)17-10(11)3;2-1(3,4)5/h5-8H,4H2,1-3H3;(H,2,3,4,5). The smallest absolute Gasteiger partial charge is 0.380 e. The van der Waals surface area contributed by atoms with Gasteiger partial charge >= 0.3 is 5.89 Å². The number of hydrogen-bond donors (Lipinski definition) is 0. The van der Waals surface area contributed by atoms with Crippen molar-refractivity contribution in [2.24, 2.45) is 0 Å². The highest BCUT2D eigenvalue weighted by atomic mass is 35.7. The maximum absolute atomic E-state index is 8.49. The van der Waals surface area contributed by atoms with E-state index in [1.807, 2.05) is 13.0 Å². The summed E-state index contributed by atoms with van der Waals surface area (Å²) in [5.41, 5.74) is 5.02. The van der Waals surface area contributed by atoms with E-state index in [2.05, 4.69) is 37.0 Å². The first kappa shape index (κ1) is 16.7. The fourth-order valence-corrected chi connectivity index (χ4v) is 2.71. The molecule has 0 radical (unpaired) electrons. The van der Waals surface area contributed by atoms with E-state index in [1.54, 1.807) is 0 Å². The third-order valence-corrected chi connectivity index (χ3v) is 3.53. The third kappa shape index (κ3) is 3.55. The van der Waals surface area contributed by atoms with E-state index in [0.29, 0.717) is 0 Å². The monoisotopic (exact) mass is 325 g/mol. The summed E-state index contributed by atoms with van der Waals surface area (Å²) >= 11 is 0. The lowest BCUT2D eigenvalue weighted by Crippen LogP contribution is -2.68. The molecule has 0 saturated heterocycles. The molecule has 0 unspecified atom stereocenters. The highest BCUT2D eigenvalue weighted by molar-refractivity contribution is 5.93. The van der Waals surface area contributed by atoms with Crippen LogP contribution in [0.2, 0.25) is 0 Å². The van der Waals surface area contributed by atoms with Gasteiger partial charge in [0.05, 0.1) is 5.39 Å². The largest absolute Gasteiger partial charge is 0.409 e. The number of para-hydroxylation sites is 1. The topological polar surface area (TPSA) is 120 Å². The van der Waals surface area contributed by atoms with Crippen molar-refractivity contribution in [1.82, 2.24) is 0 Å². The number of H-pyrrole nitrogens is 1. The number of nitrogens with one attached hydrogen (secondary N) is 1. The van der Waals surface area contributed by atoms with Gasteiger partial charge in [-0.05, 0) is 37.5 Å². The molecule has 0 fully saturated rings. The molecule has 1 aromatic rings. The first-order chi connectivity index (χ1) is 10.2. The highest BCUT2D eigenvalue weighted by Crippen LogP contribution is 2.34. The molecule has 0 spiro atoms. The van der Waals surface area contributed by atoms with Crippen LogP contribution in [0.1, 0.15) is 23.8 Å². The van der Waals surface area contributed by atoms with Crippen molar-refractivity contribution in [3.05, 3.63) is 41.2 Å². The summed E-state index contributed by atoms with van der Waals surface area (Å²) in [4.78, 5) is 3.34. The molecule has 1 N–H and O–H groups in total. The zero-order chi connectivity index (χ0) is 16.5. The Morgan fingerprint density at radius 1 is 1.09 bits per heavy atom. The van der Waals surface area contributed by atoms with Gasteiger partial charge in [-0.25, -0.2) is 18.6 Å². The van der Waals surface area contributed by atoms with Gasteiger partial charge in [-0.1, -0.05) is 19.1 Å². The van der Waals surface area contributed by atoms with Gasteiger partial charge in [0.1, 0.15) is 11.3 Å². The van der Waals surface area contributed by atoms with Crippen molar-refractivity contribution >= 4 is 10.9 Å². The van der Waals surface area contributed by atoms with Crippen LogP contribution in [0.3, 0.4) is 0 Å². The molecule has 2 heterocycles. The van der Waals surface area contributed by atoms with Crippen LogP contribution < -0.4 is 23.6 Å². The minimum absolute atomic E-state index is 0.887. The lowest BCUT2D eigenvalue weighted by molar-refractivity contribution is -2.00. The molecule has 1 aromatic carbocycles. The second kappa shape index (κ2) is 6.20. The van der Waals surface area contributed by atoms with Crippen LogP contribution in [0.25, 0.3) is 22.4 Å². The highest BCUT2D eigenvalue weighted by Gasteiger charge is 2.25. The van der Waals surface area contributed by atoms with Crippen molar-refractivity contribution in [3.63, 3.8) is 0 Å². The number of aryl methyl sites for hydroxylation is 1. The van der Waals surface area contributed by atoms with Gasteiger partial charge in [-0.2, -0.15) is 4.98 Å². The summed E-state index contributed by atoms with van der Waals surface area (Å²) in [6, 6.07) is 8.35. The second-order valence-electron chi connectivity index (χ2n) is 4.87. The summed E-state index contributed by atoms with van der Waals surface area (Å²) in [5, 5.41) is 1.25. The van der Waals surface area contributed by atoms with Crippen LogP contribution in [-0.4, -0.2) is 0 Å². The van der Waals surface area contributed by atoms with E-state index in [9.17, 15) is 0 Å². The number of halogens is 1.